The van der Waals surface area contributed by atoms with E-state index in [9.17, 15) is 4.79 Å². The molecule has 0 spiro atoms. The third-order valence-electron chi connectivity index (χ3n) is 4.33. The number of aryl methyl sites for hydroxylation is 1. The molecule has 0 N–H and O–H groups in total. The van der Waals surface area contributed by atoms with Gasteiger partial charge in [-0.15, -0.1) is 0 Å². The summed E-state index contributed by atoms with van der Waals surface area (Å²) < 4.78 is 11.0. The fraction of sp³-hybridized carbons (Fsp3) is 0.316. The molecule has 0 bridgehead atoms. The molecule has 0 fully saturated rings. The number of fused-ring (bicyclic) bond motifs is 2. The van der Waals surface area contributed by atoms with Crippen molar-refractivity contribution in [2.75, 3.05) is 7.11 Å². The summed E-state index contributed by atoms with van der Waals surface area (Å²) in [5, 5.41) is 0. The van der Waals surface area contributed by atoms with E-state index in [1.54, 1.807) is 0 Å². The third-order valence-corrected chi connectivity index (χ3v) is 4.33. The number of benzene rings is 2. The first-order valence-corrected chi connectivity index (χ1v) is 7.64. The molecular weight excluding hydrogens is 276 g/mol. The number of carbonyl (C=O) groups is 1. The van der Waals surface area contributed by atoms with Crippen molar-refractivity contribution in [2.45, 2.75) is 32.6 Å². The van der Waals surface area contributed by atoms with Gasteiger partial charge in [0, 0.05) is 12.0 Å². The molecule has 0 amide bonds. The second-order valence-corrected chi connectivity index (χ2v) is 5.60. The van der Waals surface area contributed by atoms with Crippen LogP contribution in [0.5, 0.6) is 11.5 Å². The van der Waals surface area contributed by atoms with Crippen LogP contribution >= 0.6 is 0 Å². The Morgan fingerprint density at radius 1 is 1.23 bits per heavy atom. The molecule has 3 heteroatoms. The quantitative estimate of drug-likeness (QED) is 0.679. The number of carbonyl (C=O) groups excluding carboxylic acids is 1. The number of methoxy groups -OCH3 is 1. The standard InChI is InChI=1S/C19H20O3/c1-4-13-9-10-17-15(18(13)12(2)19(20)21-3)11-14-7-5-6-8-16(14)22-17/h5-10,12H,4,11H2,1-3H3. The lowest BCUT2D eigenvalue weighted by atomic mass is 9.85. The number of hydrogen-bond acceptors (Lipinski definition) is 3. The summed E-state index contributed by atoms with van der Waals surface area (Å²) in [4.78, 5) is 12.0. The minimum Gasteiger partial charge on any atom is -0.469 e. The summed E-state index contributed by atoms with van der Waals surface area (Å²) in [6, 6.07) is 12.1. The van der Waals surface area contributed by atoms with E-state index in [0.29, 0.717) is 0 Å². The van der Waals surface area contributed by atoms with Gasteiger partial charge in [0.1, 0.15) is 11.5 Å². The highest BCUT2D eigenvalue weighted by Gasteiger charge is 2.27. The van der Waals surface area contributed by atoms with Crippen molar-refractivity contribution in [3.8, 4) is 11.5 Å². The summed E-state index contributed by atoms with van der Waals surface area (Å²) >= 11 is 0. The van der Waals surface area contributed by atoms with Crippen molar-refractivity contribution in [2.24, 2.45) is 0 Å². The molecule has 0 aliphatic carbocycles. The minimum absolute atomic E-state index is 0.207. The Kier molecular flexibility index (Phi) is 3.88. The normalized spacial score (nSPS) is 13.6. The Morgan fingerprint density at radius 2 is 2.00 bits per heavy atom. The highest BCUT2D eigenvalue weighted by molar-refractivity contribution is 5.79. The summed E-state index contributed by atoms with van der Waals surface area (Å²) in [5.41, 5.74) is 4.50. The molecule has 2 aromatic rings. The molecule has 3 rings (SSSR count). The van der Waals surface area contributed by atoms with Crippen LogP contribution in [0.2, 0.25) is 0 Å². The SMILES string of the molecule is CCc1ccc2c(c1C(C)C(=O)OC)Cc1ccccc1O2. The smallest absolute Gasteiger partial charge is 0.312 e. The zero-order chi connectivity index (χ0) is 15.7. The van der Waals surface area contributed by atoms with Crippen LogP contribution in [0.3, 0.4) is 0 Å². The van der Waals surface area contributed by atoms with E-state index in [1.807, 2.05) is 31.2 Å². The average molecular weight is 296 g/mol. The van der Waals surface area contributed by atoms with Crippen LogP contribution in [-0.4, -0.2) is 13.1 Å². The summed E-state index contributed by atoms with van der Waals surface area (Å²) in [7, 11) is 1.44. The Labute approximate surface area is 130 Å². The van der Waals surface area contributed by atoms with Crippen molar-refractivity contribution in [3.05, 3.63) is 58.7 Å². The van der Waals surface area contributed by atoms with Gasteiger partial charge in [-0.25, -0.2) is 0 Å². The molecular formula is C19H20O3. The van der Waals surface area contributed by atoms with E-state index in [2.05, 4.69) is 19.1 Å². The average Bonchev–Trinajstić information content (AvgIpc) is 2.57. The molecule has 2 aromatic carbocycles. The highest BCUT2D eigenvalue weighted by Crippen LogP contribution is 2.41. The van der Waals surface area contributed by atoms with Crippen molar-refractivity contribution in [1.82, 2.24) is 0 Å². The van der Waals surface area contributed by atoms with Crippen LogP contribution in [0.25, 0.3) is 0 Å². The van der Waals surface area contributed by atoms with Gasteiger partial charge in [0.2, 0.25) is 0 Å². The molecule has 1 aliphatic rings. The number of esters is 1. The van der Waals surface area contributed by atoms with Crippen LogP contribution in [0.4, 0.5) is 0 Å². The minimum atomic E-state index is -0.288. The van der Waals surface area contributed by atoms with Gasteiger partial charge in [-0.1, -0.05) is 31.2 Å². The van der Waals surface area contributed by atoms with Crippen LogP contribution in [0, 0.1) is 0 Å². The van der Waals surface area contributed by atoms with Gasteiger partial charge in [0.25, 0.3) is 0 Å². The van der Waals surface area contributed by atoms with E-state index in [1.165, 1.54) is 12.7 Å². The number of ether oxygens (including phenoxy) is 2. The highest BCUT2D eigenvalue weighted by atomic mass is 16.5. The maximum atomic E-state index is 12.0. The zero-order valence-electron chi connectivity index (χ0n) is 13.2. The Bertz CT molecular complexity index is 719. The lowest BCUT2D eigenvalue weighted by Gasteiger charge is -2.26. The van der Waals surface area contributed by atoms with Gasteiger partial charge < -0.3 is 9.47 Å². The predicted octanol–water partition coefficient (Wildman–Crippen LogP) is 4.22. The molecule has 0 saturated carbocycles. The Balaban J connectivity index is 2.13. The molecule has 1 atom stereocenters. The van der Waals surface area contributed by atoms with Gasteiger partial charge in [0.05, 0.1) is 13.0 Å². The first-order chi connectivity index (χ1) is 10.7. The monoisotopic (exact) mass is 296 g/mol. The first-order valence-electron chi connectivity index (χ1n) is 7.64. The maximum Gasteiger partial charge on any atom is 0.312 e. The van der Waals surface area contributed by atoms with E-state index >= 15 is 0 Å². The molecule has 1 heterocycles. The largest absolute Gasteiger partial charge is 0.469 e. The molecule has 0 saturated heterocycles. The number of rotatable bonds is 3. The number of para-hydroxylation sites is 1. The van der Waals surface area contributed by atoms with Crippen molar-refractivity contribution >= 4 is 5.97 Å². The van der Waals surface area contributed by atoms with Crippen LogP contribution in [-0.2, 0) is 22.4 Å². The molecule has 3 nitrogen and oxygen atoms in total. The Hall–Kier alpha value is -2.29. The molecule has 0 radical (unpaired) electrons. The van der Waals surface area contributed by atoms with Crippen LogP contribution in [0.1, 0.15) is 42.0 Å². The van der Waals surface area contributed by atoms with Crippen molar-refractivity contribution < 1.29 is 14.3 Å². The topological polar surface area (TPSA) is 35.5 Å². The van der Waals surface area contributed by atoms with E-state index in [4.69, 9.17) is 9.47 Å². The predicted molar refractivity (Wildman–Crippen MR) is 85.6 cm³/mol. The van der Waals surface area contributed by atoms with Gasteiger partial charge in [-0.2, -0.15) is 0 Å². The van der Waals surface area contributed by atoms with E-state index in [-0.39, 0.29) is 11.9 Å². The summed E-state index contributed by atoms with van der Waals surface area (Å²) in [6.45, 7) is 4.01. The van der Waals surface area contributed by atoms with E-state index in [0.717, 1.165) is 41.0 Å². The van der Waals surface area contributed by atoms with Crippen molar-refractivity contribution in [1.29, 1.82) is 0 Å². The van der Waals surface area contributed by atoms with Gasteiger partial charge in [0.15, 0.2) is 0 Å². The van der Waals surface area contributed by atoms with Crippen LogP contribution in [0.15, 0.2) is 36.4 Å². The second kappa shape index (κ2) is 5.84. The Morgan fingerprint density at radius 3 is 2.73 bits per heavy atom. The summed E-state index contributed by atoms with van der Waals surface area (Å²) in [5.74, 6) is 1.25. The van der Waals surface area contributed by atoms with Gasteiger partial charge in [-0.3, -0.25) is 4.79 Å². The molecule has 1 unspecified atom stereocenters. The zero-order valence-corrected chi connectivity index (χ0v) is 13.2. The van der Waals surface area contributed by atoms with Gasteiger partial charge >= 0.3 is 5.97 Å². The fourth-order valence-electron chi connectivity index (χ4n) is 3.17. The molecule has 0 aromatic heterocycles. The van der Waals surface area contributed by atoms with Crippen LogP contribution < -0.4 is 4.74 Å². The van der Waals surface area contributed by atoms with E-state index < -0.39 is 0 Å². The van der Waals surface area contributed by atoms with Gasteiger partial charge in [-0.05, 0) is 42.2 Å². The maximum absolute atomic E-state index is 12.0. The second-order valence-electron chi connectivity index (χ2n) is 5.60. The molecule has 1 aliphatic heterocycles. The molecule has 22 heavy (non-hydrogen) atoms. The third kappa shape index (κ3) is 2.37. The number of hydrogen-bond donors (Lipinski definition) is 0. The lowest BCUT2D eigenvalue weighted by Crippen LogP contribution is -2.17. The fourth-order valence-corrected chi connectivity index (χ4v) is 3.17. The molecule has 114 valence electrons. The summed E-state index contributed by atoms with van der Waals surface area (Å²) in [6.07, 6.45) is 1.67. The first kappa shape index (κ1) is 14.6. The lowest BCUT2D eigenvalue weighted by molar-refractivity contribution is -0.142. The van der Waals surface area contributed by atoms with Crippen molar-refractivity contribution in [3.63, 3.8) is 0 Å².